The summed E-state index contributed by atoms with van der Waals surface area (Å²) < 4.78 is 46.1. The van der Waals surface area contributed by atoms with Gasteiger partial charge in [-0.2, -0.15) is 13.2 Å². The van der Waals surface area contributed by atoms with Crippen LogP contribution in [0.2, 0.25) is 0 Å². The van der Waals surface area contributed by atoms with Crippen LogP contribution in [0.1, 0.15) is 36.8 Å². The maximum atomic E-state index is 13.8. The molecule has 0 aliphatic rings. The van der Waals surface area contributed by atoms with Gasteiger partial charge >= 0.3 is 12.1 Å². The Labute approximate surface area is 165 Å². The van der Waals surface area contributed by atoms with Crippen LogP contribution in [0.4, 0.5) is 13.2 Å². The Bertz CT molecular complexity index is 791. The van der Waals surface area contributed by atoms with E-state index in [1.165, 1.54) is 17.5 Å². The van der Waals surface area contributed by atoms with E-state index in [-0.39, 0.29) is 23.2 Å². The van der Waals surface area contributed by atoms with Crippen molar-refractivity contribution < 1.29 is 27.8 Å². The molecule has 2 atom stereocenters. The van der Waals surface area contributed by atoms with E-state index in [0.717, 1.165) is 23.0 Å². The number of esters is 1. The Morgan fingerprint density at radius 2 is 1.93 bits per heavy atom. The zero-order valence-electron chi connectivity index (χ0n) is 15.5. The second-order valence-corrected chi connectivity index (χ2v) is 7.16. The van der Waals surface area contributed by atoms with E-state index in [1.807, 2.05) is 18.2 Å². The monoisotopic (exact) mass is 413 g/mol. The van der Waals surface area contributed by atoms with Crippen LogP contribution in [-0.4, -0.2) is 23.9 Å². The van der Waals surface area contributed by atoms with E-state index >= 15 is 0 Å². The molecule has 4 nitrogen and oxygen atoms in total. The lowest BCUT2D eigenvalue weighted by Gasteiger charge is -2.31. The Morgan fingerprint density at radius 3 is 2.46 bits per heavy atom. The topological polar surface area (TPSA) is 58.6 Å². The van der Waals surface area contributed by atoms with Crippen LogP contribution in [0.15, 0.2) is 59.6 Å². The number of nitrogens with one attached hydrogen (secondary N) is 1. The van der Waals surface area contributed by atoms with Crippen molar-refractivity contribution >= 4 is 17.3 Å². The molecule has 0 saturated carbocycles. The molecule has 1 aromatic heterocycles. The number of carbonyl (C=O) groups is 1. The smallest absolute Gasteiger partial charge is 0.422 e. The molecule has 1 heterocycles. The van der Waals surface area contributed by atoms with Gasteiger partial charge in [0.05, 0.1) is 6.61 Å². The summed E-state index contributed by atoms with van der Waals surface area (Å²) in [6.07, 6.45) is -4.80. The molecule has 1 aromatic carbocycles. The molecule has 0 aliphatic heterocycles. The number of carbonyl (C=O) groups excluding carboxylic acids is 1. The lowest BCUT2D eigenvalue weighted by Crippen LogP contribution is -2.43. The average Bonchev–Trinajstić information content (AvgIpc) is 3.16. The van der Waals surface area contributed by atoms with Crippen LogP contribution in [0.5, 0.6) is 0 Å². The van der Waals surface area contributed by atoms with Crippen molar-refractivity contribution in [3.8, 4) is 0 Å². The molecule has 2 N–H and O–H groups in total. The van der Waals surface area contributed by atoms with E-state index < -0.39 is 24.2 Å². The summed E-state index contributed by atoms with van der Waals surface area (Å²) in [5.41, 5.74) is -2.37. The number of aliphatic hydroxyl groups is 1. The third kappa shape index (κ3) is 5.36. The maximum Gasteiger partial charge on any atom is 0.422 e. The number of benzene rings is 1. The SMILES string of the molecule is CCOC(=O)C=C(C[C@](O)(c1cccs1)C(F)(F)F)N[C@H](C)c1ccccc1. The molecule has 152 valence electrons. The zero-order chi connectivity index (χ0) is 20.8. The Kier molecular flexibility index (Phi) is 7.26. The van der Waals surface area contributed by atoms with E-state index in [0.29, 0.717) is 0 Å². The van der Waals surface area contributed by atoms with Crippen molar-refractivity contribution in [1.29, 1.82) is 0 Å². The normalized spacial score (nSPS) is 15.6. The number of hydrogen-bond donors (Lipinski definition) is 2. The second-order valence-electron chi connectivity index (χ2n) is 6.21. The standard InChI is InChI=1S/C20H22F3NO3S/c1-3-27-18(25)12-16(24-14(2)15-8-5-4-6-9-15)13-19(26,20(21,22)23)17-10-7-11-28-17/h4-12,14,24,26H,3,13H2,1-2H3/t14-,19+/m1/s1. The summed E-state index contributed by atoms with van der Waals surface area (Å²) in [7, 11) is 0. The van der Waals surface area contributed by atoms with Crippen molar-refractivity contribution in [3.05, 3.63) is 70.1 Å². The molecule has 2 aromatic rings. The molecule has 0 aliphatic carbocycles. The summed E-state index contributed by atoms with van der Waals surface area (Å²) in [5.74, 6) is -0.777. The molecule has 0 unspecified atom stereocenters. The molecule has 0 fully saturated rings. The third-order valence-electron chi connectivity index (χ3n) is 4.12. The van der Waals surface area contributed by atoms with E-state index in [1.54, 1.807) is 26.0 Å². The largest absolute Gasteiger partial charge is 0.463 e. The number of ether oxygens (including phenoxy) is 1. The highest BCUT2D eigenvalue weighted by molar-refractivity contribution is 7.10. The van der Waals surface area contributed by atoms with Gasteiger partial charge in [-0.25, -0.2) is 4.79 Å². The Balaban J connectivity index is 2.36. The average molecular weight is 413 g/mol. The first-order valence-corrected chi connectivity index (χ1v) is 9.57. The highest BCUT2D eigenvalue weighted by Gasteiger charge is 2.56. The van der Waals surface area contributed by atoms with E-state index in [2.05, 4.69) is 5.32 Å². The van der Waals surface area contributed by atoms with Gasteiger partial charge in [-0.05, 0) is 30.9 Å². The molecular formula is C20H22F3NO3S. The van der Waals surface area contributed by atoms with Crippen LogP contribution in [0, 0.1) is 0 Å². The van der Waals surface area contributed by atoms with Crippen molar-refractivity contribution in [1.82, 2.24) is 5.32 Å². The molecule has 0 radical (unpaired) electrons. The fourth-order valence-electron chi connectivity index (χ4n) is 2.69. The first-order chi connectivity index (χ1) is 13.2. The van der Waals surface area contributed by atoms with Gasteiger partial charge in [-0.1, -0.05) is 36.4 Å². The van der Waals surface area contributed by atoms with E-state index in [9.17, 15) is 23.1 Å². The van der Waals surface area contributed by atoms with Crippen LogP contribution in [0.25, 0.3) is 0 Å². The minimum absolute atomic E-state index is 0.0666. The first-order valence-electron chi connectivity index (χ1n) is 8.69. The molecule has 2 rings (SSSR count). The second kappa shape index (κ2) is 9.25. The van der Waals surface area contributed by atoms with E-state index in [4.69, 9.17) is 4.74 Å². The van der Waals surface area contributed by atoms with Crippen LogP contribution < -0.4 is 5.32 Å². The van der Waals surface area contributed by atoms with Crippen molar-refractivity contribution in [2.24, 2.45) is 0 Å². The number of hydrogen-bond acceptors (Lipinski definition) is 5. The van der Waals surface area contributed by atoms with Crippen molar-refractivity contribution in [2.75, 3.05) is 6.61 Å². The molecular weight excluding hydrogens is 391 g/mol. The van der Waals surface area contributed by atoms with Gasteiger partial charge in [0.15, 0.2) is 5.60 Å². The fourth-order valence-corrected chi connectivity index (χ4v) is 3.53. The third-order valence-corrected chi connectivity index (χ3v) is 5.15. The predicted octanol–water partition coefficient (Wildman–Crippen LogP) is 4.69. The van der Waals surface area contributed by atoms with Crippen LogP contribution in [-0.2, 0) is 15.1 Å². The highest BCUT2D eigenvalue weighted by atomic mass is 32.1. The van der Waals surface area contributed by atoms with Gasteiger partial charge in [0, 0.05) is 29.1 Å². The number of rotatable bonds is 8. The molecule has 28 heavy (non-hydrogen) atoms. The summed E-state index contributed by atoms with van der Waals surface area (Å²) in [4.78, 5) is 11.6. The summed E-state index contributed by atoms with van der Waals surface area (Å²) in [5, 5.41) is 14.9. The number of alkyl halides is 3. The van der Waals surface area contributed by atoms with Gasteiger partial charge in [-0.15, -0.1) is 11.3 Å². The quantitative estimate of drug-likeness (QED) is 0.487. The van der Waals surface area contributed by atoms with Crippen molar-refractivity contribution in [3.63, 3.8) is 0 Å². The van der Waals surface area contributed by atoms with Gasteiger partial charge < -0.3 is 15.2 Å². The van der Waals surface area contributed by atoms with Gasteiger partial charge in [0.1, 0.15) is 0 Å². The Hall–Kier alpha value is -2.32. The fraction of sp³-hybridized carbons (Fsp3) is 0.350. The molecule has 8 heteroatoms. The molecule has 0 bridgehead atoms. The highest BCUT2D eigenvalue weighted by Crippen LogP contribution is 2.45. The lowest BCUT2D eigenvalue weighted by molar-refractivity contribution is -0.265. The van der Waals surface area contributed by atoms with Crippen molar-refractivity contribution in [2.45, 2.75) is 38.1 Å². The predicted molar refractivity (Wildman–Crippen MR) is 102 cm³/mol. The van der Waals surface area contributed by atoms with Gasteiger partial charge in [-0.3, -0.25) is 0 Å². The Morgan fingerprint density at radius 1 is 1.25 bits per heavy atom. The van der Waals surface area contributed by atoms with Gasteiger partial charge in [0.25, 0.3) is 0 Å². The first kappa shape index (κ1) is 22.0. The summed E-state index contributed by atoms with van der Waals surface area (Å²) >= 11 is 0.802. The van der Waals surface area contributed by atoms with Crippen LogP contribution >= 0.6 is 11.3 Å². The maximum absolute atomic E-state index is 13.8. The molecule has 0 saturated heterocycles. The lowest BCUT2D eigenvalue weighted by atomic mass is 9.94. The summed E-state index contributed by atoms with van der Waals surface area (Å²) in [6.45, 7) is 3.45. The minimum Gasteiger partial charge on any atom is -0.463 e. The minimum atomic E-state index is -4.93. The number of thiophene rings is 1. The molecule has 0 spiro atoms. The van der Waals surface area contributed by atoms with Gasteiger partial charge in [0.2, 0.25) is 0 Å². The van der Waals surface area contributed by atoms with Crippen LogP contribution in [0.3, 0.4) is 0 Å². The zero-order valence-corrected chi connectivity index (χ0v) is 16.3. The summed E-state index contributed by atoms with van der Waals surface area (Å²) in [6, 6.07) is 11.3. The molecule has 0 amide bonds. The number of halogens is 3.